The maximum atomic E-state index is 10.4. The van der Waals surface area contributed by atoms with Gasteiger partial charge in [-0.05, 0) is 23.8 Å². The molecule has 2 heterocycles. The second kappa shape index (κ2) is 3.03. The molecule has 0 amide bonds. The number of hydrogen-bond acceptors (Lipinski definition) is 2. The molecule has 3 nitrogen and oxygen atoms in total. The number of pyridine rings is 1. The molecule has 0 spiro atoms. The highest BCUT2D eigenvalue weighted by molar-refractivity contribution is 5.63. The molecule has 0 radical (unpaired) electrons. The van der Waals surface area contributed by atoms with Gasteiger partial charge in [-0.1, -0.05) is 6.07 Å². The summed E-state index contributed by atoms with van der Waals surface area (Å²) in [5, 5.41) is 0. The molecule has 2 N–H and O–H groups in total. The summed E-state index contributed by atoms with van der Waals surface area (Å²) in [6.45, 7) is 0. The van der Waals surface area contributed by atoms with E-state index >= 15 is 0 Å². The van der Waals surface area contributed by atoms with Crippen molar-refractivity contribution in [3.8, 4) is 0 Å². The molecular formula is C10H10N2O. The molecule has 0 fully saturated rings. The topological polar surface area (TPSA) is 47.5 Å². The molecule has 0 aliphatic heterocycles. The summed E-state index contributed by atoms with van der Waals surface area (Å²) in [6.07, 6.45) is 4.54. The largest absolute Gasteiger partial charge is 0.324 e. The van der Waals surface area contributed by atoms with Gasteiger partial charge in [-0.2, -0.15) is 0 Å². The van der Waals surface area contributed by atoms with E-state index in [0.29, 0.717) is 0 Å². The van der Waals surface area contributed by atoms with E-state index in [1.807, 2.05) is 41.1 Å². The van der Waals surface area contributed by atoms with Crippen LogP contribution in [0.4, 0.5) is 0 Å². The fraction of sp³-hybridized carbons (Fsp3) is 0.100. The predicted molar refractivity (Wildman–Crippen MR) is 50.4 cm³/mol. The van der Waals surface area contributed by atoms with Crippen LogP contribution in [0, 0.1) is 0 Å². The highest BCUT2D eigenvalue weighted by Gasteiger charge is 2.05. The van der Waals surface area contributed by atoms with E-state index in [4.69, 9.17) is 5.73 Å². The number of fused-ring (bicyclic) bond motifs is 1. The Morgan fingerprint density at radius 3 is 3.00 bits per heavy atom. The van der Waals surface area contributed by atoms with Crippen molar-refractivity contribution in [2.45, 2.75) is 6.04 Å². The third-order valence-electron chi connectivity index (χ3n) is 2.06. The molecule has 0 aliphatic rings. The molecule has 0 aliphatic carbocycles. The zero-order chi connectivity index (χ0) is 9.26. The van der Waals surface area contributed by atoms with Crippen molar-refractivity contribution in [2.24, 2.45) is 5.73 Å². The van der Waals surface area contributed by atoms with Crippen LogP contribution in [0.5, 0.6) is 0 Å². The number of nitrogens with zero attached hydrogens (tertiary/aromatic N) is 1. The number of carbonyl (C=O) groups is 1. The van der Waals surface area contributed by atoms with Crippen molar-refractivity contribution in [1.29, 1.82) is 0 Å². The second-order valence-electron chi connectivity index (χ2n) is 2.97. The van der Waals surface area contributed by atoms with E-state index in [-0.39, 0.29) is 0 Å². The van der Waals surface area contributed by atoms with E-state index in [1.165, 1.54) is 0 Å². The molecule has 0 aromatic carbocycles. The van der Waals surface area contributed by atoms with Crippen molar-refractivity contribution in [2.75, 3.05) is 0 Å². The third-order valence-corrected chi connectivity index (χ3v) is 2.06. The molecule has 1 atom stereocenters. The van der Waals surface area contributed by atoms with E-state index in [2.05, 4.69) is 0 Å². The minimum Gasteiger partial charge on any atom is -0.324 e. The van der Waals surface area contributed by atoms with Crippen LogP contribution in [0.3, 0.4) is 0 Å². The summed E-state index contributed by atoms with van der Waals surface area (Å²) in [7, 11) is 0. The van der Waals surface area contributed by atoms with Crippen LogP contribution in [-0.2, 0) is 4.79 Å². The van der Waals surface area contributed by atoms with Gasteiger partial charge in [0.15, 0.2) is 0 Å². The third kappa shape index (κ3) is 1.34. The smallest absolute Gasteiger partial charge is 0.141 e. The van der Waals surface area contributed by atoms with Crippen LogP contribution < -0.4 is 5.73 Å². The van der Waals surface area contributed by atoms with Gasteiger partial charge in [-0.25, -0.2) is 0 Å². The Morgan fingerprint density at radius 2 is 2.31 bits per heavy atom. The van der Waals surface area contributed by atoms with Crippen LogP contribution in [0.1, 0.15) is 11.6 Å². The molecule has 2 aromatic heterocycles. The summed E-state index contributed by atoms with van der Waals surface area (Å²) >= 11 is 0. The van der Waals surface area contributed by atoms with Crippen molar-refractivity contribution in [3.05, 3.63) is 42.2 Å². The van der Waals surface area contributed by atoms with Crippen LogP contribution in [0.25, 0.3) is 5.52 Å². The highest BCUT2D eigenvalue weighted by atomic mass is 16.1. The Kier molecular flexibility index (Phi) is 1.87. The van der Waals surface area contributed by atoms with Gasteiger partial charge < -0.3 is 14.9 Å². The quantitative estimate of drug-likeness (QED) is 0.694. The number of hydrogen-bond donors (Lipinski definition) is 1. The number of carbonyl (C=O) groups excluding carboxylic acids is 1. The molecule has 2 aromatic rings. The molecule has 2 rings (SSSR count). The molecule has 0 bridgehead atoms. The maximum absolute atomic E-state index is 10.4. The van der Waals surface area contributed by atoms with E-state index in [0.717, 1.165) is 17.4 Å². The lowest BCUT2D eigenvalue weighted by Gasteiger charge is -1.96. The van der Waals surface area contributed by atoms with E-state index in [9.17, 15) is 4.79 Å². The lowest BCUT2D eigenvalue weighted by molar-refractivity contribution is -0.109. The Bertz CT molecular complexity index is 400. The first-order chi connectivity index (χ1) is 6.31. The van der Waals surface area contributed by atoms with Gasteiger partial charge >= 0.3 is 0 Å². The van der Waals surface area contributed by atoms with Gasteiger partial charge in [-0.3, -0.25) is 0 Å². The van der Waals surface area contributed by atoms with Crippen molar-refractivity contribution >= 4 is 11.8 Å². The van der Waals surface area contributed by atoms with Crippen molar-refractivity contribution in [1.82, 2.24) is 4.40 Å². The summed E-state index contributed by atoms with van der Waals surface area (Å²) < 4.78 is 1.94. The average molecular weight is 174 g/mol. The molecular weight excluding hydrogens is 164 g/mol. The SMILES string of the molecule is N[C@H](C=O)c1cc2ccccn2c1. The van der Waals surface area contributed by atoms with Gasteiger partial charge in [-0.15, -0.1) is 0 Å². The van der Waals surface area contributed by atoms with Crippen molar-refractivity contribution in [3.63, 3.8) is 0 Å². The molecule has 0 saturated carbocycles. The molecule has 3 heteroatoms. The first-order valence-electron chi connectivity index (χ1n) is 4.09. The van der Waals surface area contributed by atoms with Crippen LogP contribution in [-0.4, -0.2) is 10.7 Å². The van der Waals surface area contributed by atoms with Gasteiger partial charge in [0.2, 0.25) is 0 Å². The normalized spacial score (nSPS) is 13.0. The summed E-state index contributed by atoms with van der Waals surface area (Å²) in [4.78, 5) is 10.4. The lowest BCUT2D eigenvalue weighted by Crippen LogP contribution is -2.09. The monoisotopic (exact) mass is 174 g/mol. The lowest BCUT2D eigenvalue weighted by atomic mass is 10.2. The van der Waals surface area contributed by atoms with E-state index in [1.54, 1.807) is 0 Å². The van der Waals surface area contributed by atoms with E-state index < -0.39 is 6.04 Å². The van der Waals surface area contributed by atoms with Gasteiger partial charge in [0.05, 0.1) is 6.04 Å². The minimum atomic E-state index is -0.514. The summed E-state index contributed by atoms with van der Waals surface area (Å²) in [5.41, 5.74) is 7.48. The number of aromatic nitrogens is 1. The highest BCUT2D eigenvalue weighted by Crippen LogP contribution is 2.13. The maximum Gasteiger partial charge on any atom is 0.141 e. The number of nitrogens with two attached hydrogens (primary N) is 1. The first kappa shape index (κ1) is 8.01. The fourth-order valence-electron chi connectivity index (χ4n) is 1.34. The standard InChI is InChI=1S/C10H10N2O/c11-10(7-13)8-5-9-3-1-2-4-12(9)6-8/h1-7,10H,11H2/t10-/m1/s1. The zero-order valence-electron chi connectivity index (χ0n) is 7.05. The van der Waals surface area contributed by atoms with Gasteiger partial charge in [0.25, 0.3) is 0 Å². The van der Waals surface area contributed by atoms with Gasteiger partial charge in [0, 0.05) is 17.9 Å². The number of rotatable bonds is 2. The Labute approximate surface area is 75.8 Å². The minimum absolute atomic E-state index is 0.514. The first-order valence-corrected chi connectivity index (χ1v) is 4.09. The molecule has 0 unspecified atom stereocenters. The fourth-order valence-corrected chi connectivity index (χ4v) is 1.34. The second-order valence-corrected chi connectivity index (χ2v) is 2.97. The molecule has 66 valence electrons. The van der Waals surface area contributed by atoms with Crippen LogP contribution in [0.15, 0.2) is 36.7 Å². The Balaban J connectivity index is 2.55. The zero-order valence-corrected chi connectivity index (χ0v) is 7.05. The van der Waals surface area contributed by atoms with Crippen LogP contribution in [0.2, 0.25) is 0 Å². The number of aldehydes is 1. The van der Waals surface area contributed by atoms with Crippen molar-refractivity contribution < 1.29 is 4.79 Å². The molecule has 0 saturated heterocycles. The Morgan fingerprint density at radius 1 is 1.46 bits per heavy atom. The summed E-state index contributed by atoms with van der Waals surface area (Å²) in [5.74, 6) is 0. The summed E-state index contributed by atoms with van der Waals surface area (Å²) in [6, 6.07) is 7.26. The average Bonchev–Trinajstić information content (AvgIpc) is 2.59. The van der Waals surface area contributed by atoms with Crippen LogP contribution >= 0.6 is 0 Å². The van der Waals surface area contributed by atoms with Gasteiger partial charge in [0.1, 0.15) is 6.29 Å². The Hall–Kier alpha value is -1.61. The predicted octanol–water partition coefficient (Wildman–Crippen LogP) is 1.14. The molecule has 13 heavy (non-hydrogen) atoms.